The monoisotopic (exact) mass is 312 g/mol. The lowest BCUT2D eigenvalue weighted by Crippen LogP contribution is -2.41. The van der Waals surface area contributed by atoms with E-state index in [-0.39, 0.29) is 11.2 Å². The van der Waals surface area contributed by atoms with Gasteiger partial charge in [-0.25, -0.2) is 9.78 Å². The molecule has 0 fully saturated rings. The Morgan fingerprint density at radius 2 is 2.05 bits per heavy atom. The van der Waals surface area contributed by atoms with Crippen LogP contribution in [-0.4, -0.2) is 33.8 Å². The molecular formula is C14H24N4O2S. The van der Waals surface area contributed by atoms with Gasteiger partial charge in [-0.05, 0) is 27.2 Å². The second kappa shape index (κ2) is 8.07. The molecule has 0 aromatic carbocycles. The molecular weight excluding hydrogens is 288 g/mol. The molecule has 1 aromatic rings. The van der Waals surface area contributed by atoms with Gasteiger partial charge < -0.3 is 9.88 Å². The van der Waals surface area contributed by atoms with Crippen LogP contribution in [0.2, 0.25) is 0 Å². The van der Waals surface area contributed by atoms with Crippen molar-refractivity contribution in [3.63, 3.8) is 0 Å². The van der Waals surface area contributed by atoms with Crippen LogP contribution < -0.4 is 10.6 Å². The van der Waals surface area contributed by atoms with E-state index in [2.05, 4.69) is 27.1 Å². The normalized spacial score (nSPS) is 12.0. The van der Waals surface area contributed by atoms with Crippen molar-refractivity contribution < 1.29 is 9.59 Å². The van der Waals surface area contributed by atoms with E-state index in [4.69, 9.17) is 0 Å². The van der Waals surface area contributed by atoms with Gasteiger partial charge in [0.2, 0.25) is 5.91 Å². The number of aryl methyl sites for hydroxylation is 1. The van der Waals surface area contributed by atoms with Gasteiger partial charge in [-0.3, -0.25) is 10.1 Å². The highest BCUT2D eigenvalue weighted by molar-refractivity contribution is 8.00. The van der Waals surface area contributed by atoms with Crippen LogP contribution in [0.1, 0.15) is 38.1 Å². The first kappa shape index (κ1) is 17.6. The molecule has 0 saturated carbocycles. The maximum Gasteiger partial charge on any atom is 0.321 e. The van der Waals surface area contributed by atoms with Crippen LogP contribution in [-0.2, 0) is 11.3 Å². The number of nitrogens with one attached hydrogen (secondary N) is 2. The van der Waals surface area contributed by atoms with Crippen molar-refractivity contribution in [3.05, 3.63) is 11.4 Å². The number of nitrogens with zero attached hydrogens (tertiary/aromatic N) is 2. The molecule has 3 amide bonds. The van der Waals surface area contributed by atoms with Gasteiger partial charge in [0.05, 0.1) is 10.9 Å². The highest BCUT2D eigenvalue weighted by Crippen LogP contribution is 2.25. The van der Waals surface area contributed by atoms with Gasteiger partial charge in [0.15, 0.2) is 5.16 Å². The third kappa shape index (κ3) is 4.77. The fraction of sp³-hybridized carbons (Fsp3) is 0.643. The predicted molar refractivity (Wildman–Crippen MR) is 84.5 cm³/mol. The molecule has 21 heavy (non-hydrogen) atoms. The Morgan fingerprint density at radius 3 is 2.62 bits per heavy atom. The zero-order chi connectivity index (χ0) is 16.0. The number of hydrogen-bond donors (Lipinski definition) is 2. The third-order valence-corrected chi connectivity index (χ3v) is 4.36. The Morgan fingerprint density at radius 1 is 1.38 bits per heavy atom. The first-order valence-electron chi connectivity index (χ1n) is 7.13. The standard InChI is InChI=1S/C14H24N4O2S/c1-6-7-8-18-10(3)9(2)16-14(18)21-11(4)12(19)17-13(20)15-5/h11H,6-8H2,1-5H3,(H2,15,17,19,20)/t11-/m1/s1. The summed E-state index contributed by atoms with van der Waals surface area (Å²) in [5.41, 5.74) is 2.11. The number of imide groups is 1. The minimum absolute atomic E-state index is 0.320. The van der Waals surface area contributed by atoms with Crippen LogP contribution in [0.25, 0.3) is 0 Å². The molecule has 118 valence electrons. The number of carbonyl (C=O) groups excluding carboxylic acids is 2. The number of unbranched alkanes of at least 4 members (excludes halogenated alkanes) is 1. The molecule has 0 radical (unpaired) electrons. The Kier molecular flexibility index (Phi) is 6.74. The largest absolute Gasteiger partial charge is 0.341 e. The fourth-order valence-corrected chi connectivity index (χ4v) is 2.81. The van der Waals surface area contributed by atoms with Crippen molar-refractivity contribution >= 4 is 23.7 Å². The first-order valence-corrected chi connectivity index (χ1v) is 8.01. The quantitative estimate of drug-likeness (QED) is 0.790. The third-order valence-electron chi connectivity index (χ3n) is 3.27. The van der Waals surface area contributed by atoms with Crippen LogP contribution in [0.4, 0.5) is 4.79 Å². The van der Waals surface area contributed by atoms with Gasteiger partial charge in [-0.1, -0.05) is 25.1 Å². The summed E-state index contributed by atoms with van der Waals surface area (Å²) in [6.07, 6.45) is 2.18. The van der Waals surface area contributed by atoms with E-state index in [1.54, 1.807) is 6.92 Å². The number of amides is 3. The van der Waals surface area contributed by atoms with Crippen molar-refractivity contribution in [1.82, 2.24) is 20.2 Å². The zero-order valence-corrected chi connectivity index (χ0v) is 14.1. The van der Waals surface area contributed by atoms with Crippen LogP contribution in [0.3, 0.4) is 0 Å². The number of urea groups is 1. The van der Waals surface area contributed by atoms with Crippen LogP contribution in [0.15, 0.2) is 5.16 Å². The van der Waals surface area contributed by atoms with Crippen LogP contribution in [0.5, 0.6) is 0 Å². The second-order valence-electron chi connectivity index (χ2n) is 4.90. The first-order chi connectivity index (χ1) is 9.90. The lowest BCUT2D eigenvalue weighted by Gasteiger charge is -2.13. The maximum absolute atomic E-state index is 11.9. The number of carbonyl (C=O) groups is 2. The SMILES string of the molecule is CCCCn1c(S[C@H](C)C(=O)NC(=O)NC)nc(C)c1C. The van der Waals surface area contributed by atoms with E-state index < -0.39 is 6.03 Å². The van der Waals surface area contributed by atoms with E-state index >= 15 is 0 Å². The van der Waals surface area contributed by atoms with E-state index in [0.29, 0.717) is 0 Å². The molecule has 0 spiro atoms. The van der Waals surface area contributed by atoms with Crippen molar-refractivity contribution in [2.45, 2.75) is 57.5 Å². The molecule has 7 heteroatoms. The molecule has 1 rings (SSSR count). The molecule has 2 N–H and O–H groups in total. The summed E-state index contributed by atoms with van der Waals surface area (Å²) in [5, 5.41) is 5.10. The number of hydrogen-bond acceptors (Lipinski definition) is 4. The lowest BCUT2D eigenvalue weighted by atomic mass is 10.3. The minimum Gasteiger partial charge on any atom is -0.341 e. The van der Waals surface area contributed by atoms with Gasteiger partial charge in [0, 0.05) is 19.3 Å². The van der Waals surface area contributed by atoms with Gasteiger partial charge in [0.1, 0.15) is 0 Å². The molecule has 0 bridgehead atoms. The molecule has 1 heterocycles. The lowest BCUT2D eigenvalue weighted by molar-refractivity contribution is -0.119. The Bertz CT molecular complexity index is 513. The van der Waals surface area contributed by atoms with Crippen LogP contribution in [0, 0.1) is 13.8 Å². The predicted octanol–water partition coefficient (Wildman–Crippen LogP) is 2.24. The molecule has 0 aliphatic carbocycles. The van der Waals surface area contributed by atoms with Crippen molar-refractivity contribution in [1.29, 1.82) is 0 Å². The average molecular weight is 312 g/mol. The second-order valence-corrected chi connectivity index (χ2v) is 6.21. The number of rotatable bonds is 6. The summed E-state index contributed by atoms with van der Waals surface area (Å²) in [6.45, 7) is 8.82. The van der Waals surface area contributed by atoms with Crippen molar-refractivity contribution in [2.75, 3.05) is 7.05 Å². The summed E-state index contributed by atoms with van der Waals surface area (Å²) in [7, 11) is 1.48. The molecule has 0 aliphatic rings. The van der Waals surface area contributed by atoms with Gasteiger partial charge in [-0.2, -0.15) is 0 Å². The van der Waals surface area contributed by atoms with Gasteiger partial charge in [0.25, 0.3) is 0 Å². The molecule has 1 aromatic heterocycles. The topological polar surface area (TPSA) is 76.0 Å². The molecule has 0 unspecified atom stereocenters. The van der Waals surface area contributed by atoms with Crippen LogP contribution >= 0.6 is 11.8 Å². The van der Waals surface area contributed by atoms with Gasteiger partial charge >= 0.3 is 6.03 Å². The van der Waals surface area contributed by atoms with Crippen molar-refractivity contribution in [2.24, 2.45) is 0 Å². The zero-order valence-electron chi connectivity index (χ0n) is 13.3. The number of imidazole rings is 1. The summed E-state index contributed by atoms with van der Waals surface area (Å²) in [5.74, 6) is -0.320. The summed E-state index contributed by atoms with van der Waals surface area (Å²) < 4.78 is 2.15. The van der Waals surface area contributed by atoms with E-state index in [0.717, 1.165) is 35.9 Å². The van der Waals surface area contributed by atoms with Crippen molar-refractivity contribution in [3.8, 4) is 0 Å². The van der Waals surface area contributed by atoms with Gasteiger partial charge in [-0.15, -0.1) is 0 Å². The number of aromatic nitrogens is 2. The number of thioether (sulfide) groups is 1. The maximum atomic E-state index is 11.9. The average Bonchev–Trinajstić information content (AvgIpc) is 2.71. The summed E-state index contributed by atoms with van der Waals surface area (Å²) >= 11 is 1.38. The summed E-state index contributed by atoms with van der Waals surface area (Å²) in [6, 6.07) is -0.492. The Labute approximate surface area is 130 Å². The molecule has 1 atom stereocenters. The molecule has 0 aliphatic heterocycles. The van der Waals surface area contributed by atoms with E-state index in [9.17, 15) is 9.59 Å². The van der Waals surface area contributed by atoms with E-state index in [1.165, 1.54) is 18.8 Å². The smallest absolute Gasteiger partial charge is 0.321 e. The molecule has 6 nitrogen and oxygen atoms in total. The highest BCUT2D eigenvalue weighted by Gasteiger charge is 2.20. The minimum atomic E-state index is -0.492. The molecule has 0 saturated heterocycles. The van der Waals surface area contributed by atoms with E-state index in [1.807, 2.05) is 13.8 Å². The Balaban J connectivity index is 2.79. The summed E-state index contributed by atoms with van der Waals surface area (Å²) in [4.78, 5) is 27.6. The Hall–Kier alpha value is -1.50. The highest BCUT2D eigenvalue weighted by atomic mass is 32.2. The fourth-order valence-electron chi connectivity index (χ4n) is 1.78.